The van der Waals surface area contributed by atoms with Gasteiger partial charge in [0.2, 0.25) is 0 Å². The Bertz CT molecular complexity index is 555. The number of rotatable bonds is 6. The number of ether oxygens (including phenoxy) is 1. The van der Waals surface area contributed by atoms with E-state index >= 15 is 0 Å². The van der Waals surface area contributed by atoms with Gasteiger partial charge >= 0.3 is 12.1 Å². The minimum atomic E-state index is -1.05. The van der Waals surface area contributed by atoms with E-state index in [0.29, 0.717) is 18.8 Å². The van der Waals surface area contributed by atoms with E-state index in [2.05, 4.69) is 17.4 Å². The summed E-state index contributed by atoms with van der Waals surface area (Å²) >= 11 is 0. The molecule has 0 bridgehead atoms. The first-order valence-electron chi connectivity index (χ1n) is 8.06. The van der Waals surface area contributed by atoms with E-state index in [9.17, 15) is 14.7 Å². The molecule has 0 spiro atoms. The topological polar surface area (TPSA) is 75.6 Å². The van der Waals surface area contributed by atoms with E-state index in [-0.39, 0.29) is 0 Å². The zero-order valence-electron chi connectivity index (χ0n) is 14.0. The summed E-state index contributed by atoms with van der Waals surface area (Å²) < 4.78 is 5.11. The zero-order chi connectivity index (χ0) is 17.0. The van der Waals surface area contributed by atoms with Gasteiger partial charge in [-0.05, 0) is 63.5 Å². The molecule has 1 fully saturated rings. The molecule has 1 atom stereocenters. The first kappa shape index (κ1) is 17.3. The molecule has 1 aromatic carbocycles. The summed E-state index contributed by atoms with van der Waals surface area (Å²) in [6.45, 7) is 5.22. The van der Waals surface area contributed by atoms with Gasteiger partial charge in [0.1, 0.15) is 11.6 Å². The molecule has 0 radical (unpaired) electrons. The quantitative estimate of drug-likeness (QED) is 0.842. The minimum absolute atomic E-state index is 0.331. The average molecular weight is 319 g/mol. The maximum atomic E-state index is 11.7. The van der Waals surface area contributed by atoms with Gasteiger partial charge in [-0.2, -0.15) is 0 Å². The van der Waals surface area contributed by atoms with Crippen LogP contribution in [0.3, 0.4) is 0 Å². The van der Waals surface area contributed by atoms with Crippen LogP contribution in [-0.4, -0.2) is 28.8 Å². The molecule has 5 heteroatoms. The Morgan fingerprint density at radius 1 is 1.26 bits per heavy atom. The zero-order valence-corrected chi connectivity index (χ0v) is 14.0. The fraction of sp³-hybridized carbons (Fsp3) is 0.556. The van der Waals surface area contributed by atoms with Crippen molar-refractivity contribution in [3.05, 3.63) is 35.4 Å². The van der Waals surface area contributed by atoms with E-state index in [4.69, 9.17) is 4.74 Å². The van der Waals surface area contributed by atoms with Crippen molar-refractivity contribution in [3.63, 3.8) is 0 Å². The molecule has 126 valence electrons. The van der Waals surface area contributed by atoms with Crippen LogP contribution < -0.4 is 5.32 Å². The summed E-state index contributed by atoms with van der Waals surface area (Å²) in [4.78, 5) is 23.0. The molecule has 2 rings (SSSR count). The van der Waals surface area contributed by atoms with Crippen molar-refractivity contribution in [1.82, 2.24) is 5.32 Å². The molecule has 1 saturated carbocycles. The lowest BCUT2D eigenvalue weighted by molar-refractivity contribution is -0.139. The summed E-state index contributed by atoms with van der Waals surface area (Å²) in [5.74, 6) is -0.338. The highest BCUT2D eigenvalue weighted by atomic mass is 16.6. The molecule has 1 aromatic rings. The standard InChI is InChI=1S/C18H25NO4/c1-18(2,3)23-17(22)19-15(16(20)21)11-6-12-4-7-13(8-5-12)14-9-10-14/h4-5,7-8,14-15H,6,9-11H2,1-3H3,(H,19,22)(H,20,21)/t15-/m0/s1. The Labute approximate surface area is 137 Å². The van der Waals surface area contributed by atoms with Crippen LogP contribution in [0.4, 0.5) is 4.79 Å². The second-order valence-electron chi connectivity index (χ2n) is 7.09. The Morgan fingerprint density at radius 2 is 1.87 bits per heavy atom. The SMILES string of the molecule is CC(C)(C)OC(=O)N[C@@H](CCc1ccc(C2CC2)cc1)C(=O)O. The normalized spacial score (nSPS) is 15.8. The van der Waals surface area contributed by atoms with E-state index in [1.54, 1.807) is 20.8 Å². The third-order valence-electron chi connectivity index (χ3n) is 3.74. The lowest BCUT2D eigenvalue weighted by atomic mass is 10.0. The van der Waals surface area contributed by atoms with Gasteiger partial charge in [-0.3, -0.25) is 0 Å². The molecule has 1 aliphatic carbocycles. The van der Waals surface area contributed by atoms with Gasteiger partial charge in [-0.1, -0.05) is 24.3 Å². The lowest BCUT2D eigenvalue weighted by Gasteiger charge is -2.22. The number of aryl methyl sites for hydroxylation is 1. The van der Waals surface area contributed by atoms with Crippen LogP contribution >= 0.6 is 0 Å². The number of carboxylic acid groups (broad SMARTS) is 1. The van der Waals surface area contributed by atoms with E-state index in [0.717, 1.165) is 5.56 Å². The van der Waals surface area contributed by atoms with Crippen LogP contribution in [0.5, 0.6) is 0 Å². The number of nitrogens with one attached hydrogen (secondary N) is 1. The van der Waals surface area contributed by atoms with Gasteiger partial charge in [-0.15, -0.1) is 0 Å². The van der Waals surface area contributed by atoms with Crippen LogP contribution in [-0.2, 0) is 16.0 Å². The van der Waals surface area contributed by atoms with Gasteiger partial charge in [0, 0.05) is 0 Å². The molecule has 0 heterocycles. The number of carboxylic acids is 1. The molecule has 1 amide bonds. The van der Waals surface area contributed by atoms with Crippen molar-refractivity contribution in [2.24, 2.45) is 0 Å². The lowest BCUT2D eigenvalue weighted by Crippen LogP contribution is -2.43. The van der Waals surface area contributed by atoms with Crippen molar-refractivity contribution in [1.29, 1.82) is 0 Å². The second kappa shape index (κ2) is 7.02. The highest BCUT2D eigenvalue weighted by Gasteiger charge is 2.24. The van der Waals surface area contributed by atoms with Crippen LogP contribution in [0, 0.1) is 0 Å². The molecule has 23 heavy (non-hydrogen) atoms. The number of hydrogen-bond donors (Lipinski definition) is 2. The van der Waals surface area contributed by atoms with Crippen LogP contribution in [0.2, 0.25) is 0 Å². The Hall–Kier alpha value is -2.04. The maximum Gasteiger partial charge on any atom is 0.408 e. The van der Waals surface area contributed by atoms with Gasteiger partial charge < -0.3 is 15.2 Å². The second-order valence-corrected chi connectivity index (χ2v) is 7.09. The molecule has 0 saturated heterocycles. The summed E-state index contributed by atoms with van der Waals surface area (Å²) in [6, 6.07) is 7.36. The number of aliphatic carboxylic acids is 1. The number of alkyl carbamates (subject to hydrolysis) is 1. The number of carbonyl (C=O) groups is 2. The van der Waals surface area contributed by atoms with Crippen molar-refractivity contribution in [3.8, 4) is 0 Å². The fourth-order valence-corrected chi connectivity index (χ4v) is 2.39. The number of benzene rings is 1. The van der Waals surface area contributed by atoms with Crippen LogP contribution in [0.15, 0.2) is 24.3 Å². The van der Waals surface area contributed by atoms with Crippen molar-refractivity contribution >= 4 is 12.1 Å². The fourth-order valence-electron chi connectivity index (χ4n) is 2.39. The summed E-state index contributed by atoms with van der Waals surface area (Å²) in [5, 5.41) is 11.7. The smallest absolute Gasteiger partial charge is 0.408 e. The third-order valence-corrected chi connectivity index (χ3v) is 3.74. The van der Waals surface area contributed by atoms with E-state index < -0.39 is 23.7 Å². The predicted molar refractivity (Wildman–Crippen MR) is 87.5 cm³/mol. The molecular formula is C18H25NO4. The van der Waals surface area contributed by atoms with Crippen molar-refractivity contribution < 1.29 is 19.4 Å². The Morgan fingerprint density at radius 3 is 2.35 bits per heavy atom. The van der Waals surface area contributed by atoms with Crippen LogP contribution in [0.1, 0.15) is 57.1 Å². The Kier molecular flexibility index (Phi) is 5.29. The maximum absolute atomic E-state index is 11.7. The molecule has 0 unspecified atom stereocenters. The number of hydrogen-bond acceptors (Lipinski definition) is 3. The van der Waals surface area contributed by atoms with Gasteiger partial charge in [0.25, 0.3) is 0 Å². The third kappa shape index (κ3) is 5.93. The first-order chi connectivity index (χ1) is 10.7. The highest BCUT2D eigenvalue weighted by Crippen LogP contribution is 2.39. The minimum Gasteiger partial charge on any atom is -0.480 e. The van der Waals surface area contributed by atoms with Crippen molar-refractivity contribution in [2.45, 2.75) is 64.0 Å². The largest absolute Gasteiger partial charge is 0.480 e. The summed E-state index contributed by atoms with van der Waals surface area (Å²) in [6.07, 6.45) is 2.75. The molecule has 1 aliphatic rings. The van der Waals surface area contributed by atoms with Crippen LogP contribution in [0.25, 0.3) is 0 Å². The highest BCUT2D eigenvalue weighted by molar-refractivity contribution is 5.80. The molecule has 0 aromatic heterocycles. The summed E-state index contributed by atoms with van der Waals surface area (Å²) in [5.41, 5.74) is 1.79. The molecule has 5 nitrogen and oxygen atoms in total. The predicted octanol–water partition coefficient (Wildman–Crippen LogP) is 3.47. The Balaban J connectivity index is 1.86. The number of carbonyl (C=O) groups excluding carboxylic acids is 1. The number of amides is 1. The van der Waals surface area contributed by atoms with E-state index in [1.807, 2.05) is 12.1 Å². The molecule has 0 aliphatic heterocycles. The van der Waals surface area contributed by atoms with Crippen molar-refractivity contribution in [2.75, 3.05) is 0 Å². The first-order valence-corrected chi connectivity index (χ1v) is 8.06. The van der Waals surface area contributed by atoms with Gasteiger partial charge in [0.15, 0.2) is 0 Å². The van der Waals surface area contributed by atoms with Gasteiger partial charge in [-0.25, -0.2) is 9.59 Å². The van der Waals surface area contributed by atoms with E-state index in [1.165, 1.54) is 18.4 Å². The molecular weight excluding hydrogens is 294 g/mol. The molecule has 2 N–H and O–H groups in total. The monoisotopic (exact) mass is 319 g/mol. The average Bonchev–Trinajstić information content (AvgIpc) is 3.26. The van der Waals surface area contributed by atoms with Gasteiger partial charge in [0.05, 0.1) is 0 Å². The summed E-state index contributed by atoms with van der Waals surface area (Å²) in [7, 11) is 0.